The highest BCUT2D eigenvalue weighted by molar-refractivity contribution is 7.89. The van der Waals surface area contributed by atoms with E-state index in [0.29, 0.717) is 13.0 Å². The summed E-state index contributed by atoms with van der Waals surface area (Å²) in [5.41, 5.74) is 0.777. The molecule has 1 saturated heterocycles. The van der Waals surface area contributed by atoms with Crippen LogP contribution in [0, 0.1) is 0 Å². The third kappa shape index (κ3) is 3.33. The molecule has 1 heterocycles. The molecule has 2 fully saturated rings. The molecule has 1 aliphatic heterocycles. The minimum atomic E-state index is -3.47. The number of rotatable bonds is 4. The highest BCUT2D eigenvalue weighted by atomic mass is 32.2. The Balaban J connectivity index is 1.72. The van der Waals surface area contributed by atoms with Crippen LogP contribution in [0.3, 0.4) is 0 Å². The number of hydrogen-bond acceptors (Lipinski definition) is 3. The molecule has 0 atom stereocenters. The molecule has 0 bridgehead atoms. The van der Waals surface area contributed by atoms with Gasteiger partial charge in [-0.2, -0.15) is 0 Å². The largest absolute Gasteiger partial charge is 0.312 e. The summed E-state index contributed by atoms with van der Waals surface area (Å²) in [6, 6.07) is 6.67. The Labute approximate surface area is 131 Å². The predicted octanol–water partition coefficient (Wildman–Crippen LogP) is 2.42. The lowest BCUT2D eigenvalue weighted by Gasteiger charge is -2.22. The zero-order valence-electron chi connectivity index (χ0n) is 12.6. The zero-order chi connectivity index (χ0) is 15.6. The summed E-state index contributed by atoms with van der Waals surface area (Å²) in [5, 5.41) is 0. The van der Waals surface area contributed by atoms with Gasteiger partial charge in [0.05, 0.1) is 4.90 Å². The highest BCUT2D eigenvalue weighted by Crippen LogP contribution is 2.24. The van der Waals surface area contributed by atoms with Crippen molar-refractivity contribution in [2.75, 3.05) is 11.4 Å². The molecular formula is C16H22N2O3S. The molecule has 2 aliphatic rings. The van der Waals surface area contributed by atoms with Gasteiger partial charge in [-0.1, -0.05) is 19.3 Å². The number of sulfonamides is 1. The van der Waals surface area contributed by atoms with Gasteiger partial charge in [0.15, 0.2) is 0 Å². The van der Waals surface area contributed by atoms with Crippen molar-refractivity contribution in [3.05, 3.63) is 24.3 Å². The van der Waals surface area contributed by atoms with Gasteiger partial charge in [0.1, 0.15) is 0 Å². The van der Waals surface area contributed by atoms with Gasteiger partial charge in [0, 0.05) is 24.7 Å². The second-order valence-corrected chi connectivity index (χ2v) is 7.81. The monoisotopic (exact) mass is 322 g/mol. The second kappa shape index (κ2) is 6.38. The van der Waals surface area contributed by atoms with Crippen molar-refractivity contribution in [2.45, 2.75) is 55.9 Å². The van der Waals surface area contributed by atoms with E-state index < -0.39 is 10.0 Å². The first-order chi connectivity index (χ1) is 10.6. The summed E-state index contributed by atoms with van der Waals surface area (Å²) in [4.78, 5) is 13.7. The zero-order valence-corrected chi connectivity index (χ0v) is 13.4. The van der Waals surface area contributed by atoms with Crippen LogP contribution >= 0.6 is 0 Å². The van der Waals surface area contributed by atoms with Gasteiger partial charge in [-0.25, -0.2) is 13.1 Å². The van der Waals surface area contributed by atoms with Crippen molar-refractivity contribution in [2.24, 2.45) is 0 Å². The normalized spacial score (nSPS) is 20.5. The van der Waals surface area contributed by atoms with Crippen LogP contribution in [0.2, 0.25) is 0 Å². The number of nitrogens with one attached hydrogen (secondary N) is 1. The molecule has 1 aliphatic carbocycles. The van der Waals surface area contributed by atoms with E-state index in [2.05, 4.69) is 4.72 Å². The van der Waals surface area contributed by atoms with E-state index in [1.165, 1.54) is 6.42 Å². The van der Waals surface area contributed by atoms with Crippen molar-refractivity contribution in [3.8, 4) is 0 Å². The van der Waals surface area contributed by atoms with E-state index in [9.17, 15) is 13.2 Å². The maximum atomic E-state index is 12.4. The van der Waals surface area contributed by atoms with Crippen LogP contribution in [0.1, 0.15) is 44.9 Å². The van der Waals surface area contributed by atoms with E-state index in [1.807, 2.05) is 0 Å². The standard InChI is InChI=1S/C16H22N2O3S/c19-16-7-4-12-18(16)14-8-10-15(11-9-14)22(20,21)17-13-5-2-1-3-6-13/h8-11,13,17H,1-7,12H2. The van der Waals surface area contributed by atoms with E-state index in [-0.39, 0.29) is 16.8 Å². The molecule has 1 amide bonds. The van der Waals surface area contributed by atoms with E-state index in [1.54, 1.807) is 29.2 Å². The van der Waals surface area contributed by atoms with Gasteiger partial charge >= 0.3 is 0 Å². The van der Waals surface area contributed by atoms with Gasteiger partial charge in [0.2, 0.25) is 15.9 Å². The first kappa shape index (κ1) is 15.5. The third-order valence-electron chi connectivity index (χ3n) is 4.46. The Hall–Kier alpha value is -1.40. The minimum Gasteiger partial charge on any atom is -0.312 e. The van der Waals surface area contributed by atoms with Gasteiger partial charge in [-0.15, -0.1) is 0 Å². The molecule has 22 heavy (non-hydrogen) atoms. The molecule has 0 aromatic heterocycles. The van der Waals surface area contributed by atoms with Crippen LogP contribution in [0.15, 0.2) is 29.2 Å². The summed E-state index contributed by atoms with van der Waals surface area (Å²) < 4.78 is 27.6. The molecule has 1 aromatic carbocycles. The average molecular weight is 322 g/mol. The number of carbonyl (C=O) groups is 1. The fourth-order valence-electron chi connectivity index (χ4n) is 3.23. The van der Waals surface area contributed by atoms with E-state index in [0.717, 1.165) is 37.8 Å². The quantitative estimate of drug-likeness (QED) is 0.926. The van der Waals surface area contributed by atoms with Gasteiger partial charge < -0.3 is 4.90 Å². The van der Waals surface area contributed by atoms with Gasteiger partial charge in [-0.05, 0) is 43.5 Å². The van der Waals surface area contributed by atoms with Crippen molar-refractivity contribution in [1.82, 2.24) is 4.72 Å². The summed E-state index contributed by atoms with van der Waals surface area (Å²) in [6.07, 6.45) is 6.63. The molecule has 6 heteroatoms. The number of carbonyl (C=O) groups excluding carboxylic acids is 1. The fraction of sp³-hybridized carbons (Fsp3) is 0.562. The Morgan fingerprint density at radius 2 is 1.68 bits per heavy atom. The van der Waals surface area contributed by atoms with E-state index in [4.69, 9.17) is 0 Å². The van der Waals surface area contributed by atoms with Crippen molar-refractivity contribution in [3.63, 3.8) is 0 Å². The lowest BCUT2D eigenvalue weighted by atomic mass is 9.96. The lowest BCUT2D eigenvalue weighted by molar-refractivity contribution is -0.117. The Kier molecular flexibility index (Phi) is 4.49. The molecule has 0 spiro atoms. The number of benzene rings is 1. The van der Waals surface area contributed by atoms with Crippen LogP contribution in [-0.4, -0.2) is 26.9 Å². The number of anilines is 1. The third-order valence-corrected chi connectivity index (χ3v) is 6.00. The average Bonchev–Trinajstić information content (AvgIpc) is 2.94. The van der Waals surface area contributed by atoms with Crippen LogP contribution in [0.4, 0.5) is 5.69 Å². The maximum absolute atomic E-state index is 12.4. The number of nitrogens with zero attached hydrogens (tertiary/aromatic N) is 1. The highest BCUT2D eigenvalue weighted by Gasteiger charge is 2.24. The van der Waals surface area contributed by atoms with Crippen molar-refractivity contribution < 1.29 is 13.2 Å². The number of amides is 1. The minimum absolute atomic E-state index is 0.0542. The van der Waals surface area contributed by atoms with Gasteiger partial charge in [-0.3, -0.25) is 4.79 Å². The first-order valence-corrected chi connectivity index (χ1v) is 9.47. The van der Waals surface area contributed by atoms with E-state index >= 15 is 0 Å². The Morgan fingerprint density at radius 3 is 2.27 bits per heavy atom. The summed E-state index contributed by atoms with van der Waals surface area (Å²) in [6.45, 7) is 0.714. The number of hydrogen-bond donors (Lipinski definition) is 1. The SMILES string of the molecule is O=C1CCCN1c1ccc(S(=O)(=O)NC2CCCCC2)cc1. The molecule has 0 radical (unpaired) electrons. The molecule has 1 N–H and O–H groups in total. The van der Waals surface area contributed by atoms with Crippen LogP contribution in [0.5, 0.6) is 0 Å². The molecule has 1 aromatic rings. The fourth-order valence-corrected chi connectivity index (χ4v) is 4.54. The molecular weight excluding hydrogens is 300 g/mol. The van der Waals surface area contributed by atoms with Crippen LogP contribution in [0.25, 0.3) is 0 Å². The molecule has 5 nitrogen and oxygen atoms in total. The van der Waals surface area contributed by atoms with Crippen LogP contribution in [-0.2, 0) is 14.8 Å². The topological polar surface area (TPSA) is 66.5 Å². The van der Waals surface area contributed by atoms with Gasteiger partial charge in [0.25, 0.3) is 0 Å². The first-order valence-electron chi connectivity index (χ1n) is 7.99. The second-order valence-electron chi connectivity index (χ2n) is 6.10. The smallest absolute Gasteiger partial charge is 0.240 e. The molecule has 0 unspecified atom stereocenters. The Morgan fingerprint density at radius 1 is 1.00 bits per heavy atom. The lowest BCUT2D eigenvalue weighted by Crippen LogP contribution is -2.36. The summed E-state index contributed by atoms with van der Waals surface area (Å²) >= 11 is 0. The van der Waals surface area contributed by atoms with Crippen LogP contribution < -0.4 is 9.62 Å². The molecule has 120 valence electrons. The maximum Gasteiger partial charge on any atom is 0.240 e. The van der Waals surface area contributed by atoms with Crippen molar-refractivity contribution in [1.29, 1.82) is 0 Å². The Bertz CT molecular complexity index is 634. The van der Waals surface area contributed by atoms with Crippen molar-refractivity contribution >= 4 is 21.6 Å². The summed E-state index contributed by atoms with van der Waals surface area (Å²) in [5.74, 6) is 0.107. The summed E-state index contributed by atoms with van der Waals surface area (Å²) in [7, 11) is -3.47. The predicted molar refractivity (Wildman–Crippen MR) is 85.2 cm³/mol. The molecule has 3 rings (SSSR count). The molecule has 1 saturated carbocycles.